The molecule has 0 spiro atoms. The Morgan fingerprint density at radius 3 is 2.75 bits per heavy atom. The summed E-state index contributed by atoms with van der Waals surface area (Å²) in [4.78, 5) is 10.8. The van der Waals surface area contributed by atoms with E-state index < -0.39 is 0 Å². The molecule has 0 saturated carbocycles. The molecular formula is C15H22O. The molecule has 1 atom stereocenters. The fourth-order valence-electron chi connectivity index (χ4n) is 2.23. The third-order valence-electron chi connectivity index (χ3n) is 3.94. The lowest BCUT2D eigenvalue weighted by molar-refractivity contribution is -0.105. The molecule has 0 amide bonds. The molecule has 0 aromatic heterocycles. The monoisotopic (exact) mass is 218 g/mol. The second-order valence-corrected chi connectivity index (χ2v) is 5.17. The Hall–Kier alpha value is -1.11. The van der Waals surface area contributed by atoms with Gasteiger partial charge in [-0.25, -0.2) is 0 Å². The topological polar surface area (TPSA) is 17.1 Å². The van der Waals surface area contributed by atoms with Gasteiger partial charge in [-0.05, 0) is 43.1 Å². The summed E-state index contributed by atoms with van der Waals surface area (Å²) in [6.45, 7) is 10.4. The highest BCUT2D eigenvalue weighted by molar-refractivity contribution is 5.73. The van der Waals surface area contributed by atoms with E-state index in [1.54, 1.807) is 6.08 Å². The van der Waals surface area contributed by atoms with Crippen LogP contribution in [0.3, 0.4) is 0 Å². The number of allylic oxidation sites excluding steroid dienone is 5. The van der Waals surface area contributed by atoms with Crippen LogP contribution in [0.5, 0.6) is 0 Å². The smallest absolute Gasteiger partial charge is 0.146 e. The lowest BCUT2D eigenvalue weighted by atomic mass is 9.76. The number of carbonyl (C=O) groups is 1. The first-order chi connectivity index (χ1) is 7.52. The Kier molecular flexibility index (Phi) is 4.28. The second kappa shape index (κ2) is 5.29. The number of carbonyl (C=O) groups excluding carboxylic acids is 1. The predicted octanol–water partition coefficient (Wildman–Crippen LogP) is 4.07. The minimum atomic E-state index is 0.276. The fraction of sp³-hybridized carbons (Fsp3) is 0.533. The quantitative estimate of drug-likeness (QED) is 0.386. The second-order valence-electron chi connectivity index (χ2n) is 5.17. The van der Waals surface area contributed by atoms with Crippen LogP contribution in [-0.4, -0.2) is 6.29 Å². The summed E-state index contributed by atoms with van der Waals surface area (Å²) in [7, 11) is 0. The van der Waals surface area contributed by atoms with Crippen LogP contribution in [0.4, 0.5) is 0 Å². The average molecular weight is 218 g/mol. The van der Waals surface area contributed by atoms with E-state index in [2.05, 4.69) is 39.5 Å². The molecule has 1 aliphatic rings. The third-order valence-corrected chi connectivity index (χ3v) is 3.94. The van der Waals surface area contributed by atoms with Crippen molar-refractivity contribution in [2.24, 2.45) is 11.3 Å². The number of hydrogen-bond acceptors (Lipinski definition) is 1. The van der Waals surface area contributed by atoms with Gasteiger partial charge in [0.05, 0.1) is 0 Å². The van der Waals surface area contributed by atoms with Crippen LogP contribution in [0.25, 0.3) is 0 Å². The Morgan fingerprint density at radius 1 is 1.62 bits per heavy atom. The van der Waals surface area contributed by atoms with E-state index in [1.807, 2.05) is 0 Å². The van der Waals surface area contributed by atoms with Crippen molar-refractivity contribution in [1.82, 2.24) is 0 Å². The molecule has 1 rings (SSSR count). The molecule has 0 bridgehead atoms. The summed E-state index contributed by atoms with van der Waals surface area (Å²) >= 11 is 0. The molecule has 1 unspecified atom stereocenters. The van der Waals surface area contributed by atoms with Crippen LogP contribution in [0.15, 0.2) is 36.0 Å². The van der Waals surface area contributed by atoms with Gasteiger partial charge in [0.15, 0.2) is 0 Å². The van der Waals surface area contributed by atoms with Gasteiger partial charge in [0.25, 0.3) is 0 Å². The van der Waals surface area contributed by atoms with E-state index in [-0.39, 0.29) is 5.41 Å². The maximum absolute atomic E-state index is 10.8. The van der Waals surface area contributed by atoms with Crippen molar-refractivity contribution in [3.8, 4) is 0 Å². The lowest BCUT2D eigenvalue weighted by Crippen LogP contribution is -2.19. The number of hydrogen-bond donors (Lipinski definition) is 0. The van der Waals surface area contributed by atoms with Crippen molar-refractivity contribution in [2.45, 2.75) is 40.0 Å². The van der Waals surface area contributed by atoms with Gasteiger partial charge in [-0.2, -0.15) is 0 Å². The molecule has 0 radical (unpaired) electrons. The zero-order chi connectivity index (χ0) is 12.2. The summed E-state index contributed by atoms with van der Waals surface area (Å²) in [5.41, 5.74) is 2.61. The van der Waals surface area contributed by atoms with Gasteiger partial charge in [-0.15, -0.1) is 6.58 Å². The average Bonchev–Trinajstić information content (AvgIpc) is 2.50. The standard InChI is InChI=1S/C15H22O/c1-5-6-13(11-16)8-10-14-9-7-12(2)15(14,3)4/h5,7-8,11,14H,1,6,9-10H2,2-4H3/b13-8+. The van der Waals surface area contributed by atoms with Crippen LogP contribution in [0, 0.1) is 11.3 Å². The molecule has 1 nitrogen and oxygen atoms in total. The molecule has 0 aromatic carbocycles. The molecule has 1 aliphatic carbocycles. The van der Waals surface area contributed by atoms with E-state index in [4.69, 9.17) is 0 Å². The Labute approximate surface area is 98.9 Å². The minimum absolute atomic E-state index is 0.276. The van der Waals surface area contributed by atoms with E-state index in [9.17, 15) is 4.79 Å². The van der Waals surface area contributed by atoms with Gasteiger partial charge in [0.2, 0.25) is 0 Å². The third kappa shape index (κ3) is 2.72. The largest absolute Gasteiger partial charge is 0.298 e. The van der Waals surface area contributed by atoms with Gasteiger partial charge in [0, 0.05) is 0 Å². The highest BCUT2D eigenvalue weighted by atomic mass is 16.1. The predicted molar refractivity (Wildman–Crippen MR) is 69.2 cm³/mol. The van der Waals surface area contributed by atoms with Crippen LogP contribution in [-0.2, 0) is 4.79 Å². The van der Waals surface area contributed by atoms with Crippen molar-refractivity contribution < 1.29 is 4.79 Å². The van der Waals surface area contributed by atoms with Crippen LogP contribution < -0.4 is 0 Å². The summed E-state index contributed by atoms with van der Waals surface area (Å²) in [6.07, 6.45) is 9.94. The van der Waals surface area contributed by atoms with Gasteiger partial charge < -0.3 is 0 Å². The zero-order valence-corrected chi connectivity index (χ0v) is 10.6. The summed E-state index contributed by atoms with van der Waals surface area (Å²) < 4.78 is 0. The number of aldehydes is 1. The first-order valence-corrected chi connectivity index (χ1v) is 5.94. The van der Waals surface area contributed by atoms with Gasteiger partial charge in [-0.1, -0.05) is 37.6 Å². The van der Waals surface area contributed by atoms with Crippen LogP contribution >= 0.6 is 0 Å². The Morgan fingerprint density at radius 2 is 2.31 bits per heavy atom. The first kappa shape index (κ1) is 13.0. The van der Waals surface area contributed by atoms with Gasteiger partial charge in [0.1, 0.15) is 6.29 Å². The highest BCUT2D eigenvalue weighted by Gasteiger charge is 2.33. The molecule has 0 N–H and O–H groups in total. The molecule has 16 heavy (non-hydrogen) atoms. The maximum Gasteiger partial charge on any atom is 0.146 e. The van der Waals surface area contributed by atoms with Crippen molar-refractivity contribution in [3.63, 3.8) is 0 Å². The molecule has 0 aliphatic heterocycles. The fourth-order valence-corrected chi connectivity index (χ4v) is 2.23. The van der Waals surface area contributed by atoms with Crippen LogP contribution in [0.1, 0.15) is 40.0 Å². The molecule has 0 heterocycles. The lowest BCUT2D eigenvalue weighted by Gasteiger charge is -2.29. The molecule has 0 fully saturated rings. The molecule has 1 heteroatoms. The van der Waals surface area contributed by atoms with E-state index in [1.165, 1.54) is 5.57 Å². The Balaban J connectivity index is 2.63. The normalized spacial score (nSPS) is 24.1. The van der Waals surface area contributed by atoms with E-state index >= 15 is 0 Å². The van der Waals surface area contributed by atoms with Gasteiger partial charge >= 0.3 is 0 Å². The van der Waals surface area contributed by atoms with Crippen molar-refractivity contribution in [1.29, 1.82) is 0 Å². The SMILES string of the molecule is C=CC/C(C=O)=C\CC1CC=C(C)C1(C)C. The highest BCUT2D eigenvalue weighted by Crippen LogP contribution is 2.44. The molecular weight excluding hydrogens is 196 g/mol. The summed E-state index contributed by atoms with van der Waals surface area (Å²) in [6, 6.07) is 0. The van der Waals surface area contributed by atoms with Crippen LogP contribution in [0.2, 0.25) is 0 Å². The minimum Gasteiger partial charge on any atom is -0.298 e. The first-order valence-electron chi connectivity index (χ1n) is 5.94. The number of rotatable bonds is 5. The van der Waals surface area contributed by atoms with Crippen molar-refractivity contribution in [3.05, 3.63) is 36.0 Å². The van der Waals surface area contributed by atoms with E-state index in [0.717, 1.165) is 24.7 Å². The van der Waals surface area contributed by atoms with E-state index in [0.29, 0.717) is 12.3 Å². The molecule has 0 aromatic rings. The van der Waals surface area contributed by atoms with Crippen molar-refractivity contribution >= 4 is 6.29 Å². The Bertz CT molecular complexity index is 331. The molecule has 0 saturated heterocycles. The van der Waals surface area contributed by atoms with Gasteiger partial charge in [-0.3, -0.25) is 4.79 Å². The summed E-state index contributed by atoms with van der Waals surface area (Å²) in [5.74, 6) is 0.632. The maximum atomic E-state index is 10.8. The van der Waals surface area contributed by atoms with Crippen molar-refractivity contribution in [2.75, 3.05) is 0 Å². The molecule has 88 valence electrons. The zero-order valence-electron chi connectivity index (χ0n) is 10.6. The summed E-state index contributed by atoms with van der Waals surface area (Å²) in [5, 5.41) is 0.